The Labute approximate surface area is 148 Å². The smallest absolute Gasteiger partial charge is 0.167 e. The van der Waals surface area contributed by atoms with Crippen LogP contribution in [0.4, 0.5) is 0 Å². The van der Waals surface area contributed by atoms with Crippen molar-refractivity contribution < 1.29 is 15.0 Å². The molecule has 25 heavy (non-hydrogen) atoms. The van der Waals surface area contributed by atoms with Gasteiger partial charge in [0.05, 0.1) is 19.3 Å². The zero-order valence-corrected chi connectivity index (χ0v) is 14.2. The lowest BCUT2D eigenvalue weighted by molar-refractivity contribution is 0.0472. The van der Waals surface area contributed by atoms with Gasteiger partial charge in [0.2, 0.25) is 0 Å². The average molecular weight is 338 g/mol. The number of Topliss-reactive ketones (excluding diaryl/α,β-unsaturated/α-hetero) is 1. The molecule has 4 heteroatoms. The second-order valence-electron chi connectivity index (χ2n) is 6.48. The highest BCUT2D eigenvalue weighted by Gasteiger charge is 2.37. The fraction of sp³-hybridized carbons (Fsp3) is 0.333. The molecule has 0 amide bonds. The van der Waals surface area contributed by atoms with Gasteiger partial charge >= 0.3 is 0 Å². The van der Waals surface area contributed by atoms with Crippen LogP contribution in [0, 0.1) is 12.3 Å². The number of ketones is 1. The number of piperidine rings is 1. The van der Waals surface area contributed by atoms with Crippen LogP contribution in [-0.4, -0.2) is 53.2 Å². The number of aliphatic hydroxyl groups is 2. The lowest BCUT2D eigenvalue weighted by atomic mass is 9.76. The van der Waals surface area contributed by atoms with Crippen molar-refractivity contribution in [2.24, 2.45) is 5.92 Å². The summed E-state index contributed by atoms with van der Waals surface area (Å²) in [5, 5.41) is 19.0. The van der Waals surface area contributed by atoms with Crippen LogP contribution in [-0.2, 0) is 0 Å². The molecule has 4 nitrogen and oxygen atoms in total. The molecule has 0 aromatic heterocycles. The molecular formula is C21H24NO3. The van der Waals surface area contributed by atoms with E-state index in [2.05, 4.69) is 18.6 Å². The van der Waals surface area contributed by atoms with Gasteiger partial charge in [-0.3, -0.25) is 9.69 Å². The van der Waals surface area contributed by atoms with Crippen LogP contribution in [0.3, 0.4) is 0 Å². The fourth-order valence-electron chi connectivity index (χ4n) is 3.55. The standard InChI is InChI=1S/C21H24NO3/c23-14-18(15-24)22-12-11-19(16-7-3-1-4-8-16)20(13-22)21(25)17-9-5-2-6-10-17/h1-11,18-20,23-24H,12-15H2/t19-,20-/m1/s1. The number of aliphatic hydroxyl groups excluding tert-OH is 2. The van der Waals surface area contributed by atoms with Gasteiger partial charge in [-0.25, -0.2) is 0 Å². The molecule has 1 aliphatic heterocycles. The summed E-state index contributed by atoms with van der Waals surface area (Å²) in [6.07, 6.45) is 2.13. The fourth-order valence-corrected chi connectivity index (χ4v) is 3.55. The second-order valence-corrected chi connectivity index (χ2v) is 6.48. The molecule has 2 aromatic carbocycles. The Morgan fingerprint density at radius 1 is 1.00 bits per heavy atom. The number of rotatable bonds is 6. The highest BCUT2D eigenvalue weighted by molar-refractivity contribution is 5.98. The molecule has 0 spiro atoms. The zero-order valence-electron chi connectivity index (χ0n) is 14.2. The first-order valence-electron chi connectivity index (χ1n) is 8.68. The van der Waals surface area contributed by atoms with Crippen LogP contribution in [0.5, 0.6) is 0 Å². The van der Waals surface area contributed by atoms with E-state index in [0.717, 1.165) is 5.56 Å². The van der Waals surface area contributed by atoms with Crippen molar-refractivity contribution in [1.29, 1.82) is 0 Å². The van der Waals surface area contributed by atoms with Crippen molar-refractivity contribution in [1.82, 2.24) is 4.90 Å². The monoisotopic (exact) mass is 338 g/mol. The molecule has 3 rings (SSSR count). The highest BCUT2D eigenvalue weighted by atomic mass is 16.3. The van der Waals surface area contributed by atoms with E-state index in [4.69, 9.17) is 0 Å². The van der Waals surface area contributed by atoms with E-state index in [9.17, 15) is 15.0 Å². The van der Waals surface area contributed by atoms with E-state index in [-0.39, 0.29) is 36.9 Å². The molecule has 0 unspecified atom stereocenters. The number of carbonyl (C=O) groups excluding carboxylic acids is 1. The maximum Gasteiger partial charge on any atom is 0.167 e. The maximum absolute atomic E-state index is 13.2. The van der Waals surface area contributed by atoms with Crippen molar-refractivity contribution in [2.75, 3.05) is 26.3 Å². The van der Waals surface area contributed by atoms with Gasteiger partial charge in [0.1, 0.15) is 0 Å². The summed E-state index contributed by atoms with van der Waals surface area (Å²) in [5.74, 6) is -0.104. The van der Waals surface area contributed by atoms with Gasteiger partial charge in [0, 0.05) is 24.6 Å². The van der Waals surface area contributed by atoms with Gasteiger partial charge in [-0.1, -0.05) is 60.7 Å². The zero-order chi connectivity index (χ0) is 17.6. The summed E-state index contributed by atoms with van der Waals surface area (Å²) < 4.78 is 0. The van der Waals surface area contributed by atoms with Crippen molar-refractivity contribution >= 4 is 5.78 Å². The van der Waals surface area contributed by atoms with Crippen molar-refractivity contribution in [3.05, 3.63) is 78.2 Å². The molecule has 2 N–H and O–H groups in total. The van der Waals surface area contributed by atoms with Gasteiger partial charge in [-0.15, -0.1) is 0 Å². The predicted molar refractivity (Wildman–Crippen MR) is 97.3 cm³/mol. The topological polar surface area (TPSA) is 60.8 Å². The van der Waals surface area contributed by atoms with E-state index in [1.807, 2.05) is 53.4 Å². The summed E-state index contributed by atoms with van der Waals surface area (Å²) in [4.78, 5) is 15.1. The third-order valence-corrected chi connectivity index (χ3v) is 4.98. The minimum Gasteiger partial charge on any atom is -0.395 e. The first kappa shape index (κ1) is 17.8. The molecule has 0 bridgehead atoms. The van der Waals surface area contributed by atoms with E-state index in [0.29, 0.717) is 18.7 Å². The molecule has 0 saturated carbocycles. The van der Waals surface area contributed by atoms with Gasteiger partial charge in [0.25, 0.3) is 0 Å². The molecule has 1 fully saturated rings. The Morgan fingerprint density at radius 2 is 1.60 bits per heavy atom. The lowest BCUT2D eigenvalue weighted by Crippen LogP contribution is -2.50. The van der Waals surface area contributed by atoms with Gasteiger partial charge in [-0.05, 0) is 17.9 Å². The van der Waals surface area contributed by atoms with Crippen LogP contribution >= 0.6 is 0 Å². The summed E-state index contributed by atoms with van der Waals surface area (Å²) >= 11 is 0. The molecule has 0 aliphatic carbocycles. The van der Waals surface area contributed by atoms with E-state index in [1.165, 1.54) is 0 Å². The number of benzene rings is 2. The van der Waals surface area contributed by atoms with Crippen molar-refractivity contribution in [3.63, 3.8) is 0 Å². The minimum absolute atomic E-state index is 0.0307. The normalized spacial score (nSPS) is 21.4. The third-order valence-electron chi connectivity index (χ3n) is 4.98. The van der Waals surface area contributed by atoms with Gasteiger partial charge in [0.15, 0.2) is 5.78 Å². The molecule has 1 saturated heterocycles. The first-order valence-corrected chi connectivity index (χ1v) is 8.68. The van der Waals surface area contributed by atoms with E-state index >= 15 is 0 Å². The van der Waals surface area contributed by atoms with E-state index < -0.39 is 0 Å². The Balaban J connectivity index is 1.89. The molecule has 1 radical (unpaired) electrons. The number of hydrogen-bond acceptors (Lipinski definition) is 4. The van der Waals surface area contributed by atoms with Gasteiger partial charge < -0.3 is 10.2 Å². The third kappa shape index (κ3) is 3.98. The Bertz CT molecular complexity index is 670. The summed E-state index contributed by atoms with van der Waals surface area (Å²) in [6, 6.07) is 19.1. The molecule has 2 aromatic rings. The molecule has 2 atom stereocenters. The minimum atomic E-state index is -0.334. The molecule has 1 heterocycles. The van der Waals surface area contributed by atoms with Crippen LogP contribution < -0.4 is 0 Å². The SMILES string of the molecule is O=C(c1ccccc1)[C@@H]1CN(C(CO)CO)C[CH][C@@H]1c1ccccc1. The summed E-state index contributed by atoms with van der Waals surface area (Å²) in [6.45, 7) is 0.929. The summed E-state index contributed by atoms with van der Waals surface area (Å²) in [5.41, 5.74) is 1.83. The highest BCUT2D eigenvalue weighted by Crippen LogP contribution is 2.35. The second kappa shape index (κ2) is 8.39. The largest absolute Gasteiger partial charge is 0.395 e. The van der Waals surface area contributed by atoms with Crippen LogP contribution in [0.2, 0.25) is 0 Å². The molecular weight excluding hydrogens is 314 g/mol. The lowest BCUT2D eigenvalue weighted by Gasteiger charge is -2.40. The Hall–Kier alpha value is -2.01. The Morgan fingerprint density at radius 3 is 2.20 bits per heavy atom. The molecule has 1 aliphatic rings. The number of nitrogens with zero attached hydrogens (tertiary/aromatic N) is 1. The van der Waals surface area contributed by atoms with Crippen molar-refractivity contribution in [3.8, 4) is 0 Å². The number of carbonyl (C=O) groups is 1. The Kier molecular flexibility index (Phi) is 5.97. The predicted octanol–water partition coefficient (Wildman–Crippen LogP) is 2.14. The van der Waals surface area contributed by atoms with E-state index in [1.54, 1.807) is 0 Å². The number of hydrogen-bond donors (Lipinski definition) is 2. The van der Waals surface area contributed by atoms with Gasteiger partial charge in [-0.2, -0.15) is 0 Å². The number of likely N-dealkylation sites (tertiary alicyclic amines) is 1. The quantitative estimate of drug-likeness (QED) is 0.792. The van der Waals surface area contributed by atoms with Crippen molar-refractivity contribution in [2.45, 2.75) is 12.0 Å². The van der Waals surface area contributed by atoms with Crippen LogP contribution in [0.15, 0.2) is 60.7 Å². The van der Waals surface area contributed by atoms with Crippen LogP contribution in [0.25, 0.3) is 0 Å². The molecule has 131 valence electrons. The first-order chi connectivity index (χ1) is 12.2. The summed E-state index contributed by atoms with van der Waals surface area (Å²) in [7, 11) is 0. The van der Waals surface area contributed by atoms with Crippen LogP contribution in [0.1, 0.15) is 21.8 Å². The maximum atomic E-state index is 13.2. The average Bonchev–Trinajstić information content (AvgIpc) is 2.69.